The molecule has 0 aliphatic rings. The van der Waals surface area contributed by atoms with E-state index in [9.17, 15) is 0 Å². The van der Waals surface area contributed by atoms with Gasteiger partial charge >= 0.3 is 0 Å². The van der Waals surface area contributed by atoms with Crippen molar-refractivity contribution in [3.05, 3.63) is 22.2 Å². The average molecular weight is 226 g/mol. The van der Waals surface area contributed by atoms with Gasteiger partial charge in [-0.3, -0.25) is 0 Å². The molecule has 0 saturated heterocycles. The van der Waals surface area contributed by atoms with Gasteiger partial charge in [-0.05, 0) is 24.6 Å². The third-order valence-electron chi connectivity index (χ3n) is 1.76. The number of nitrogens with zero attached hydrogens (tertiary/aromatic N) is 3. The molecule has 0 fully saturated rings. The van der Waals surface area contributed by atoms with Gasteiger partial charge in [0.25, 0.3) is 0 Å². The summed E-state index contributed by atoms with van der Waals surface area (Å²) in [4.78, 5) is 1.58. The average Bonchev–Trinajstić information content (AvgIpc) is 2.30. The van der Waals surface area contributed by atoms with Gasteiger partial charge in [-0.25, -0.2) is 0 Å². The Balaban J connectivity index is 2.83. The second-order valence-corrected chi connectivity index (χ2v) is 3.63. The van der Waals surface area contributed by atoms with Gasteiger partial charge in [0, 0.05) is 11.5 Å². The third-order valence-corrected chi connectivity index (χ3v) is 2.62. The molecule has 0 radical (unpaired) electrons. The number of halogens is 1. The van der Waals surface area contributed by atoms with Gasteiger partial charge in [0.05, 0.1) is 0 Å². The lowest BCUT2D eigenvalue weighted by Crippen LogP contribution is -1.90. The Morgan fingerprint density at radius 1 is 1.25 bits per heavy atom. The zero-order chi connectivity index (χ0) is 8.72. The Bertz CT molecular complexity index is 394. The van der Waals surface area contributed by atoms with Crippen LogP contribution >= 0.6 is 15.9 Å². The molecule has 3 nitrogen and oxygen atoms in total. The van der Waals surface area contributed by atoms with Crippen molar-refractivity contribution in [2.45, 2.75) is 6.92 Å². The van der Waals surface area contributed by atoms with Crippen LogP contribution in [0.25, 0.3) is 11.0 Å². The number of rotatable bonds is 0. The molecule has 2 rings (SSSR count). The van der Waals surface area contributed by atoms with Crippen LogP contribution in [0.4, 0.5) is 0 Å². The van der Waals surface area contributed by atoms with Crippen molar-refractivity contribution in [2.75, 3.05) is 0 Å². The maximum absolute atomic E-state index is 4.20. The minimum Gasteiger partial charge on any atom is -0.187 e. The van der Waals surface area contributed by atoms with Crippen molar-refractivity contribution >= 4 is 27.0 Å². The molecule has 1 aromatic heterocycles. The van der Waals surface area contributed by atoms with E-state index in [1.54, 1.807) is 4.80 Å². The van der Waals surface area contributed by atoms with Crippen LogP contribution in [0.1, 0.15) is 5.56 Å². The van der Waals surface area contributed by atoms with E-state index in [1.807, 2.05) is 26.1 Å². The highest BCUT2D eigenvalue weighted by molar-refractivity contribution is 9.10. The maximum Gasteiger partial charge on any atom is 0.114 e. The van der Waals surface area contributed by atoms with Crippen LogP contribution < -0.4 is 0 Å². The van der Waals surface area contributed by atoms with Crippen molar-refractivity contribution in [1.29, 1.82) is 0 Å². The Morgan fingerprint density at radius 3 is 2.50 bits per heavy atom. The van der Waals surface area contributed by atoms with Gasteiger partial charge in [-0.1, -0.05) is 15.9 Å². The summed E-state index contributed by atoms with van der Waals surface area (Å²) in [7, 11) is 1.82. The molecule has 0 atom stereocenters. The number of aromatic nitrogens is 3. The first-order chi connectivity index (χ1) is 5.66. The third kappa shape index (κ3) is 1.12. The summed E-state index contributed by atoms with van der Waals surface area (Å²) in [6, 6.07) is 4.00. The normalized spacial score (nSPS) is 10.9. The topological polar surface area (TPSA) is 30.7 Å². The first-order valence-corrected chi connectivity index (χ1v) is 4.43. The van der Waals surface area contributed by atoms with Crippen molar-refractivity contribution in [1.82, 2.24) is 15.0 Å². The highest BCUT2D eigenvalue weighted by atomic mass is 79.9. The zero-order valence-corrected chi connectivity index (χ0v) is 8.46. The molecule has 0 amide bonds. The molecule has 4 heteroatoms. The van der Waals surface area contributed by atoms with E-state index in [2.05, 4.69) is 26.1 Å². The minimum absolute atomic E-state index is 0.926. The second kappa shape index (κ2) is 2.55. The van der Waals surface area contributed by atoms with Crippen molar-refractivity contribution in [3.8, 4) is 0 Å². The molecule has 2 aromatic rings. The second-order valence-electron chi connectivity index (χ2n) is 2.78. The predicted molar refractivity (Wildman–Crippen MR) is 50.9 cm³/mol. The van der Waals surface area contributed by atoms with Gasteiger partial charge in [0.2, 0.25) is 0 Å². The molecule has 0 aliphatic carbocycles. The van der Waals surface area contributed by atoms with E-state index in [0.29, 0.717) is 0 Å². The Labute approximate surface area is 78.5 Å². The fourth-order valence-electron chi connectivity index (χ4n) is 1.15. The SMILES string of the molecule is Cc1cc2nn(C)nc2cc1Br. The summed E-state index contributed by atoms with van der Waals surface area (Å²) in [6.07, 6.45) is 0. The number of aryl methyl sites for hydroxylation is 2. The summed E-state index contributed by atoms with van der Waals surface area (Å²) in [6.45, 7) is 2.04. The molecule has 0 unspecified atom stereocenters. The Kier molecular flexibility index (Phi) is 1.65. The van der Waals surface area contributed by atoms with E-state index in [1.165, 1.54) is 5.56 Å². The first kappa shape index (κ1) is 7.73. The van der Waals surface area contributed by atoms with Gasteiger partial charge in [-0.2, -0.15) is 15.0 Å². The molecule has 1 heterocycles. The highest BCUT2D eigenvalue weighted by Gasteiger charge is 2.02. The fourth-order valence-corrected chi connectivity index (χ4v) is 1.48. The van der Waals surface area contributed by atoms with E-state index >= 15 is 0 Å². The molecule has 0 bridgehead atoms. The molecule has 12 heavy (non-hydrogen) atoms. The summed E-state index contributed by atoms with van der Waals surface area (Å²) in [5.41, 5.74) is 3.05. The van der Waals surface area contributed by atoms with Crippen LogP contribution in [-0.2, 0) is 7.05 Å². The van der Waals surface area contributed by atoms with Crippen molar-refractivity contribution in [2.24, 2.45) is 7.05 Å². The monoisotopic (exact) mass is 225 g/mol. The smallest absolute Gasteiger partial charge is 0.114 e. The lowest BCUT2D eigenvalue weighted by molar-refractivity contribution is 0.665. The maximum atomic E-state index is 4.20. The summed E-state index contributed by atoms with van der Waals surface area (Å²) < 4.78 is 1.08. The highest BCUT2D eigenvalue weighted by Crippen LogP contribution is 2.20. The van der Waals surface area contributed by atoms with E-state index in [4.69, 9.17) is 0 Å². The van der Waals surface area contributed by atoms with Gasteiger partial charge in [-0.15, -0.1) is 0 Å². The number of hydrogen-bond acceptors (Lipinski definition) is 2. The number of fused-ring (bicyclic) bond motifs is 1. The van der Waals surface area contributed by atoms with Crippen LogP contribution in [0.3, 0.4) is 0 Å². The molecular weight excluding hydrogens is 218 g/mol. The van der Waals surface area contributed by atoms with Gasteiger partial charge < -0.3 is 0 Å². The molecule has 0 aliphatic heterocycles. The molecule has 0 saturated carbocycles. The molecule has 0 spiro atoms. The number of hydrogen-bond donors (Lipinski definition) is 0. The summed E-state index contributed by atoms with van der Waals surface area (Å²) >= 11 is 3.45. The van der Waals surface area contributed by atoms with Crippen LogP contribution in [0.2, 0.25) is 0 Å². The van der Waals surface area contributed by atoms with E-state index in [0.717, 1.165) is 15.5 Å². The first-order valence-electron chi connectivity index (χ1n) is 3.64. The largest absolute Gasteiger partial charge is 0.187 e. The fraction of sp³-hybridized carbons (Fsp3) is 0.250. The van der Waals surface area contributed by atoms with Crippen molar-refractivity contribution in [3.63, 3.8) is 0 Å². The molecular formula is C8H8BrN3. The standard InChI is InChI=1S/C8H8BrN3/c1-5-3-7-8(4-6(5)9)11-12(2)10-7/h3-4H,1-2H3. The molecule has 1 aromatic carbocycles. The Morgan fingerprint density at radius 2 is 1.83 bits per heavy atom. The predicted octanol–water partition coefficient (Wildman–Crippen LogP) is 2.04. The van der Waals surface area contributed by atoms with Crippen LogP contribution in [-0.4, -0.2) is 15.0 Å². The van der Waals surface area contributed by atoms with E-state index in [-0.39, 0.29) is 0 Å². The number of benzene rings is 1. The molecule has 62 valence electrons. The van der Waals surface area contributed by atoms with E-state index < -0.39 is 0 Å². The zero-order valence-electron chi connectivity index (χ0n) is 6.87. The van der Waals surface area contributed by atoms with Crippen LogP contribution in [0, 0.1) is 6.92 Å². The van der Waals surface area contributed by atoms with Gasteiger partial charge in [0.1, 0.15) is 11.0 Å². The lowest BCUT2D eigenvalue weighted by Gasteiger charge is -1.94. The quantitative estimate of drug-likeness (QED) is 0.688. The summed E-state index contributed by atoms with van der Waals surface area (Å²) in [5.74, 6) is 0. The van der Waals surface area contributed by atoms with Gasteiger partial charge in [0.15, 0.2) is 0 Å². The molecule has 0 N–H and O–H groups in total. The van der Waals surface area contributed by atoms with Crippen LogP contribution in [0.15, 0.2) is 16.6 Å². The Hall–Kier alpha value is -0.900. The van der Waals surface area contributed by atoms with Crippen LogP contribution in [0.5, 0.6) is 0 Å². The summed E-state index contributed by atoms with van der Waals surface area (Å²) in [5, 5.41) is 8.39. The lowest BCUT2D eigenvalue weighted by atomic mass is 10.2. The minimum atomic E-state index is 0.926. The van der Waals surface area contributed by atoms with Crippen molar-refractivity contribution < 1.29 is 0 Å².